The molecular weight excluding hydrogens is 346 g/mol. The lowest BCUT2D eigenvalue weighted by molar-refractivity contribution is 0.459. The van der Waals surface area contributed by atoms with Crippen molar-refractivity contribution in [3.05, 3.63) is 50.7 Å². The van der Waals surface area contributed by atoms with Crippen LogP contribution in [0.2, 0.25) is 0 Å². The molecule has 0 atom stereocenters. The number of phenolic OH excluding ortho intramolecular Hbond substituents is 1. The summed E-state index contributed by atoms with van der Waals surface area (Å²) in [5.74, 6) is 0.784. The molecule has 1 aromatic carbocycles. The molecule has 142 valence electrons. The molecule has 1 fully saturated rings. The van der Waals surface area contributed by atoms with Crippen LogP contribution < -0.4 is 16.6 Å². The fourth-order valence-electron chi connectivity index (χ4n) is 3.71. The lowest BCUT2D eigenvalue weighted by atomic mass is 9.96. The standard InChI is InChI=1S/C19H23N5O3/c1-23-16-15(17(26)22-19(23)27)24(11-12-7-9-14(25)10-8-12)18(21-16)20-13-5-3-2-4-6-13/h7-10,13,25H,2-6,11H2,1H3,(H,20,21)(H,22,26,27). The number of aromatic hydroxyl groups is 1. The molecule has 3 aromatic rings. The lowest BCUT2D eigenvalue weighted by Crippen LogP contribution is -2.29. The number of nitrogens with zero attached hydrogens (tertiary/aromatic N) is 3. The molecule has 0 bridgehead atoms. The molecule has 0 radical (unpaired) electrons. The summed E-state index contributed by atoms with van der Waals surface area (Å²) in [6.07, 6.45) is 5.73. The van der Waals surface area contributed by atoms with Crippen molar-refractivity contribution in [2.75, 3.05) is 5.32 Å². The fraction of sp³-hybridized carbons (Fsp3) is 0.421. The van der Waals surface area contributed by atoms with E-state index in [0.717, 1.165) is 18.4 Å². The monoisotopic (exact) mass is 369 g/mol. The summed E-state index contributed by atoms with van der Waals surface area (Å²) in [6, 6.07) is 7.15. The molecule has 2 aromatic heterocycles. The maximum atomic E-state index is 12.5. The zero-order valence-corrected chi connectivity index (χ0v) is 15.2. The molecular formula is C19H23N5O3. The average Bonchev–Trinajstić information content (AvgIpc) is 3.01. The molecule has 0 unspecified atom stereocenters. The highest BCUT2D eigenvalue weighted by Gasteiger charge is 2.21. The number of aromatic amines is 1. The highest BCUT2D eigenvalue weighted by Crippen LogP contribution is 2.24. The minimum absolute atomic E-state index is 0.190. The summed E-state index contributed by atoms with van der Waals surface area (Å²) in [7, 11) is 1.60. The van der Waals surface area contributed by atoms with Crippen LogP contribution in [0.1, 0.15) is 37.7 Å². The van der Waals surface area contributed by atoms with Gasteiger partial charge in [0.15, 0.2) is 11.2 Å². The van der Waals surface area contributed by atoms with Gasteiger partial charge in [-0.3, -0.25) is 18.9 Å². The van der Waals surface area contributed by atoms with Crippen molar-refractivity contribution in [2.24, 2.45) is 7.05 Å². The number of imidazole rings is 1. The van der Waals surface area contributed by atoms with Crippen molar-refractivity contribution in [1.29, 1.82) is 0 Å². The van der Waals surface area contributed by atoms with Crippen LogP contribution in [-0.2, 0) is 13.6 Å². The lowest BCUT2D eigenvalue weighted by Gasteiger charge is -2.23. The van der Waals surface area contributed by atoms with Crippen molar-refractivity contribution < 1.29 is 5.11 Å². The topological polar surface area (TPSA) is 105 Å². The number of aryl methyl sites for hydroxylation is 1. The van der Waals surface area contributed by atoms with Gasteiger partial charge in [0.25, 0.3) is 5.56 Å². The summed E-state index contributed by atoms with van der Waals surface area (Å²) in [5, 5.41) is 13.0. The zero-order chi connectivity index (χ0) is 19.0. The molecule has 0 saturated heterocycles. The number of aromatic nitrogens is 4. The first-order chi connectivity index (χ1) is 13.0. The minimum atomic E-state index is -0.481. The van der Waals surface area contributed by atoms with E-state index in [0.29, 0.717) is 29.7 Å². The Balaban J connectivity index is 1.82. The van der Waals surface area contributed by atoms with Gasteiger partial charge in [-0.2, -0.15) is 4.98 Å². The van der Waals surface area contributed by atoms with Gasteiger partial charge in [0, 0.05) is 13.1 Å². The van der Waals surface area contributed by atoms with E-state index in [2.05, 4.69) is 15.3 Å². The zero-order valence-electron chi connectivity index (χ0n) is 15.2. The Bertz CT molecular complexity index is 1070. The van der Waals surface area contributed by atoms with E-state index in [4.69, 9.17) is 0 Å². The van der Waals surface area contributed by atoms with Gasteiger partial charge in [0.2, 0.25) is 5.95 Å². The minimum Gasteiger partial charge on any atom is -0.508 e. The number of rotatable bonds is 4. The number of benzene rings is 1. The summed E-state index contributed by atoms with van der Waals surface area (Å²) >= 11 is 0. The normalized spacial score (nSPS) is 15.3. The maximum absolute atomic E-state index is 12.5. The first kappa shape index (κ1) is 17.4. The molecule has 4 rings (SSSR count). The predicted molar refractivity (Wildman–Crippen MR) is 103 cm³/mol. The molecule has 0 amide bonds. The molecule has 1 aliphatic rings. The fourth-order valence-corrected chi connectivity index (χ4v) is 3.71. The van der Waals surface area contributed by atoms with Crippen LogP contribution in [0.25, 0.3) is 11.2 Å². The largest absolute Gasteiger partial charge is 0.508 e. The van der Waals surface area contributed by atoms with E-state index in [1.54, 1.807) is 19.2 Å². The van der Waals surface area contributed by atoms with E-state index in [1.807, 2.05) is 16.7 Å². The molecule has 1 saturated carbocycles. The Morgan fingerprint density at radius 3 is 2.59 bits per heavy atom. The first-order valence-electron chi connectivity index (χ1n) is 9.27. The van der Waals surface area contributed by atoms with Crippen molar-refractivity contribution in [2.45, 2.75) is 44.7 Å². The van der Waals surface area contributed by atoms with Gasteiger partial charge in [-0.05, 0) is 30.5 Å². The van der Waals surface area contributed by atoms with Gasteiger partial charge in [0.05, 0.1) is 6.54 Å². The third kappa shape index (κ3) is 3.34. The smallest absolute Gasteiger partial charge is 0.329 e. The number of nitrogens with one attached hydrogen (secondary N) is 2. The highest BCUT2D eigenvalue weighted by molar-refractivity contribution is 5.74. The van der Waals surface area contributed by atoms with Gasteiger partial charge in [0.1, 0.15) is 5.75 Å². The third-order valence-corrected chi connectivity index (χ3v) is 5.22. The highest BCUT2D eigenvalue weighted by atomic mass is 16.3. The molecule has 2 heterocycles. The number of phenols is 1. The Hall–Kier alpha value is -3.03. The van der Waals surface area contributed by atoms with E-state index in [1.165, 1.54) is 23.8 Å². The number of anilines is 1. The van der Waals surface area contributed by atoms with Crippen LogP contribution in [0.3, 0.4) is 0 Å². The number of hydrogen-bond donors (Lipinski definition) is 3. The van der Waals surface area contributed by atoms with E-state index >= 15 is 0 Å². The van der Waals surface area contributed by atoms with Crippen LogP contribution >= 0.6 is 0 Å². The van der Waals surface area contributed by atoms with Crippen LogP contribution in [0.4, 0.5) is 5.95 Å². The Morgan fingerprint density at radius 2 is 1.89 bits per heavy atom. The number of hydrogen-bond acceptors (Lipinski definition) is 5. The second kappa shape index (κ2) is 6.94. The molecule has 3 N–H and O–H groups in total. The van der Waals surface area contributed by atoms with Crippen LogP contribution in [0.5, 0.6) is 5.75 Å². The van der Waals surface area contributed by atoms with Gasteiger partial charge < -0.3 is 10.4 Å². The summed E-state index contributed by atoms with van der Waals surface area (Å²) in [5.41, 5.74) is 0.721. The van der Waals surface area contributed by atoms with Crippen molar-refractivity contribution in [3.63, 3.8) is 0 Å². The van der Waals surface area contributed by atoms with Crippen molar-refractivity contribution in [1.82, 2.24) is 19.1 Å². The average molecular weight is 369 g/mol. The molecule has 8 heteroatoms. The van der Waals surface area contributed by atoms with E-state index < -0.39 is 11.2 Å². The summed E-state index contributed by atoms with van der Waals surface area (Å²) in [6.45, 7) is 0.410. The van der Waals surface area contributed by atoms with Gasteiger partial charge in [-0.15, -0.1) is 0 Å². The van der Waals surface area contributed by atoms with Crippen LogP contribution in [0, 0.1) is 0 Å². The van der Waals surface area contributed by atoms with Gasteiger partial charge in [-0.1, -0.05) is 31.4 Å². The third-order valence-electron chi connectivity index (χ3n) is 5.22. The predicted octanol–water partition coefficient (Wildman–Crippen LogP) is 1.92. The second-order valence-electron chi connectivity index (χ2n) is 7.16. The SMILES string of the molecule is Cn1c(=O)[nH]c(=O)c2c1nc(NC1CCCCC1)n2Cc1ccc(O)cc1. The van der Waals surface area contributed by atoms with Crippen LogP contribution in [0.15, 0.2) is 33.9 Å². The van der Waals surface area contributed by atoms with Gasteiger partial charge >= 0.3 is 5.69 Å². The Morgan fingerprint density at radius 1 is 1.19 bits per heavy atom. The molecule has 1 aliphatic carbocycles. The van der Waals surface area contributed by atoms with E-state index in [9.17, 15) is 14.7 Å². The van der Waals surface area contributed by atoms with Gasteiger partial charge in [-0.25, -0.2) is 4.79 Å². The van der Waals surface area contributed by atoms with Crippen molar-refractivity contribution in [3.8, 4) is 5.75 Å². The Kier molecular flexibility index (Phi) is 4.47. The second-order valence-corrected chi connectivity index (χ2v) is 7.16. The first-order valence-corrected chi connectivity index (χ1v) is 9.27. The summed E-state index contributed by atoms with van der Waals surface area (Å²) in [4.78, 5) is 31.4. The maximum Gasteiger partial charge on any atom is 0.329 e. The summed E-state index contributed by atoms with van der Waals surface area (Å²) < 4.78 is 3.17. The molecule has 0 aliphatic heterocycles. The Labute approximate surface area is 155 Å². The quantitative estimate of drug-likeness (QED) is 0.652. The van der Waals surface area contributed by atoms with Crippen molar-refractivity contribution >= 4 is 17.1 Å². The molecule has 0 spiro atoms. The molecule has 27 heavy (non-hydrogen) atoms. The number of fused-ring (bicyclic) bond motifs is 1. The number of H-pyrrole nitrogens is 1. The van der Waals surface area contributed by atoms with E-state index in [-0.39, 0.29) is 5.75 Å². The molecule has 8 nitrogen and oxygen atoms in total. The van der Waals surface area contributed by atoms with Crippen LogP contribution in [-0.4, -0.2) is 30.3 Å².